The lowest BCUT2D eigenvalue weighted by atomic mass is 10.0. The number of benzene rings is 2. The maximum Gasteiger partial charge on any atom is 0.243 e. The van der Waals surface area contributed by atoms with Crippen LogP contribution in [0.2, 0.25) is 0 Å². The standard InChI is InChI=1S/C21H21F3N6O2/c22-15-10-17(24)16(23)8-13(15)7-14(25)9-20(31)28-5-6-29(21(32)11-28)12-30-19-4-2-1-3-18(19)26-27-30/h1-4,8,10,14H,5-7,9,11-12,25H2/t14-/m1/s1. The van der Waals surface area contributed by atoms with Gasteiger partial charge in [-0.05, 0) is 30.2 Å². The minimum Gasteiger partial charge on any atom is -0.332 e. The Morgan fingerprint density at radius 1 is 1.09 bits per heavy atom. The molecule has 168 valence electrons. The van der Waals surface area contributed by atoms with Gasteiger partial charge in [0.15, 0.2) is 11.6 Å². The lowest BCUT2D eigenvalue weighted by Gasteiger charge is -2.34. The highest BCUT2D eigenvalue weighted by Crippen LogP contribution is 2.17. The summed E-state index contributed by atoms with van der Waals surface area (Å²) in [6, 6.07) is 7.78. The Hall–Kier alpha value is -3.47. The molecule has 0 saturated carbocycles. The van der Waals surface area contributed by atoms with Crippen molar-refractivity contribution >= 4 is 22.8 Å². The number of rotatable bonds is 6. The molecule has 0 bridgehead atoms. The minimum atomic E-state index is -1.29. The molecule has 2 N–H and O–H groups in total. The fraction of sp³-hybridized carbons (Fsp3) is 0.333. The van der Waals surface area contributed by atoms with E-state index in [1.54, 1.807) is 9.58 Å². The molecule has 1 aliphatic heterocycles. The van der Waals surface area contributed by atoms with E-state index >= 15 is 0 Å². The Balaban J connectivity index is 1.32. The van der Waals surface area contributed by atoms with Crippen LogP contribution in [0.25, 0.3) is 11.0 Å². The van der Waals surface area contributed by atoms with Crippen LogP contribution in [0, 0.1) is 17.5 Å². The van der Waals surface area contributed by atoms with Crippen molar-refractivity contribution in [2.24, 2.45) is 5.73 Å². The van der Waals surface area contributed by atoms with Crippen molar-refractivity contribution in [3.05, 3.63) is 59.4 Å². The lowest BCUT2D eigenvalue weighted by molar-refractivity contribution is -0.146. The zero-order chi connectivity index (χ0) is 22.8. The zero-order valence-corrected chi connectivity index (χ0v) is 17.0. The fourth-order valence-electron chi connectivity index (χ4n) is 3.68. The molecule has 1 fully saturated rings. The summed E-state index contributed by atoms with van der Waals surface area (Å²) in [7, 11) is 0. The maximum atomic E-state index is 13.8. The second-order valence-electron chi connectivity index (χ2n) is 7.72. The van der Waals surface area contributed by atoms with E-state index in [9.17, 15) is 22.8 Å². The van der Waals surface area contributed by atoms with Gasteiger partial charge in [-0.2, -0.15) is 0 Å². The Labute approximate surface area is 181 Å². The van der Waals surface area contributed by atoms with Gasteiger partial charge < -0.3 is 15.5 Å². The van der Waals surface area contributed by atoms with E-state index in [2.05, 4.69) is 10.3 Å². The van der Waals surface area contributed by atoms with E-state index in [4.69, 9.17) is 5.73 Å². The maximum absolute atomic E-state index is 13.8. The molecule has 0 radical (unpaired) electrons. The summed E-state index contributed by atoms with van der Waals surface area (Å²) in [5, 5.41) is 8.13. The number of carbonyl (C=O) groups excluding carboxylic acids is 2. The molecule has 1 aromatic heterocycles. The molecule has 1 atom stereocenters. The average Bonchev–Trinajstić information content (AvgIpc) is 3.16. The van der Waals surface area contributed by atoms with Crippen molar-refractivity contribution in [1.82, 2.24) is 24.8 Å². The predicted molar refractivity (Wildman–Crippen MR) is 108 cm³/mol. The quantitative estimate of drug-likeness (QED) is 0.578. The number of nitrogens with zero attached hydrogens (tertiary/aromatic N) is 5. The Morgan fingerprint density at radius 2 is 1.84 bits per heavy atom. The molecule has 8 nitrogen and oxygen atoms in total. The molecule has 2 heterocycles. The molecule has 1 saturated heterocycles. The van der Waals surface area contributed by atoms with Crippen molar-refractivity contribution in [2.75, 3.05) is 19.6 Å². The van der Waals surface area contributed by atoms with Crippen LogP contribution in [0.4, 0.5) is 13.2 Å². The topological polar surface area (TPSA) is 97.4 Å². The molecule has 1 aliphatic rings. The van der Waals surface area contributed by atoms with Gasteiger partial charge in [-0.15, -0.1) is 5.10 Å². The highest BCUT2D eigenvalue weighted by molar-refractivity contribution is 5.86. The Morgan fingerprint density at radius 3 is 2.62 bits per heavy atom. The second-order valence-corrected chi connectivity index (χ2v) is 7.72. The van der Waals surface area contributed by atoms with Crippen LogP contribution in [0.5, 0.6) is 0 Å². The fourth-order valence-corrected chi connectivity index (χ4v) is 3.68. The van der Waals surface area contributed by atoms with Gasteiger partial charge >= 0.3 is 0 Å². The number of fused-ring (bicyclic) bond motifs is 1. The van der Waals surface area contributed by atoms with Gasteiger partial charge in [-0.3, -0.25) is 9.59 Å². The van der Waals surface area contributed by atoms with Gasteiger partial charge in [0.05, 0.1) is 12.1 Å². The van der Waals surface area contributed by atoms with Crippen LogP contribution in [0.15, 0.2) is 36.4 Å². The average molecular weight is 446 g/mol. The summed E-state index contributed by atoms with van der Waals surface area (Å²) < 4.78 is 41.8. The SMILES string of the molecule is N[C@@H](CC(=O)N1CCN(Cn2nnc3ccccc32)C(=O)C1)Cc1cc(F)c(F)cc1F. The number of nitrogens with two attached hydrogens (primary N) is 1. The van der Waals surface area contributed by atoms with Crippen LogP contribution in [-0.4, -0.2) is 62.3 Å². The van der Waals surface area contributed by atoms with Crippen LogP contribution in [0.1, 0.15) is 12.0 Å². The summed E-state index contributed by atoms with van der Waals surface area (Å²) >= 11 is 0. The molecule has 0 spiro atoms. The highest BCUT2D eigenvalue weighted by atomic mass is 19.2. The third kappa shape index (κ3) is 4.57. The molecule has 2 amide bonds. The van der Waals surface area contributed by atoms with E-state index in [0.717, 1.165) is 17.1 Å². The number of carbonyl (C=O) groups is 2. The van der Waals surface area contributed by atoms with E-state index in [1.165, 1.54) is 4.90 Å². The van der Waals surface area contributed by atoms with Crippen molar-refractivity contribution in [2.45, 2.75) is 25.6 Å². The second kappa shape index (κ2) is 8.95. The summed E-state index contributed by atoms with van der Waals surface area (Å²) in [4.78, 5) is 28.1. The molecule has 11 heteroatoms. The Kier molecular flexibility index (Phi) is 6.08. The molecule has 4 rings (SSSR count). The van der Waals surface area contributed by atoms with Crippen LogP contribution in [-0.2, 0) is 22.7 Å². The van der Waals surface area contributed by atoms with E-state index < -0.39 is 23.5 Å². The monoisotopic (exact) mass is 446 g/mol. The molecule has 0 aliphatic carbocycles. The number of hydrogen-bond acceptors (Lipinski definition) is 5. The first-order chi connectivity index (χ1) is 15.3. The van der Waals surface area contributed by atoms with Crippen LogP contribution < -0.4 is 5.73 Å². The summed E-state index contributed by atoms with van der Waals surface area (Å²) in [6.07, 6.45) is -0.290. The molecule has 3 aromatic rings. The van der Waals surface area contributed by atoms with Crippen molar-refractivity contribution in [3.63, 3.8) is 0 Å². The summed E-state index contributed by atoms with van der Waals surface area (Å²) in [5.74, 6) is -3.99. The van der Waals surface area contributed by atoms with Crippen molar-refractivity contribution < 1.29 is 22.8 Å². The lowest BCUT2D eigenvalue weighted by Crippen LogP contribution is -2.53. The minimum absolute atomic E-state index is 0.106. The zero-order valence-electron chi connectivity index (χ0n) is 17.0. The van der Waals surface area contributed by atoms with Gasteiger partial charge in [-0.1, -0.05) is 17.3 Å². The van der Waals surface area contributed by atoms with E-state index in [1.807, 2.05) is 24.3 Å². The van der Waals surface area contributed by atoms with Crippen molar-refractivity contribution in [1.29, 1.82) is 0 Å². The van der Waals surface area contributed by atoms with Crippen LogP contribution in [0.3, 0.4) is 0 Å². The number of halogens is 3. The Bertz CT molecular complexity index is 1170. The molecular formula is C21H21F3N6O2. The van der Waals surface area contributed by atoms with Gasteiger partial charge in [0.25, 0.3) is 0 Å². The smallest absolute Gasteiger partial charge is 0.243 e. The molecule has 0 unspecified atom stereocenters. The van der Waals surface area contributed by atoms with E-state index in [0.29, 0.717) is 19.2 Å². The summed E-state index contributed by atoms with van der Waals surface area (Å²) in [5.41, 5.74) is 7.35. The van der Waals surface area contributed by atoms with Crippen LogP contribution >= 0.6 is 0 Å². The number of para-hydroxylation sites is 1. The largest absolute Gasteiger partial charge is 0.332 e. The van der Waals surface area contributed by atoms with Gasteiger partial charge in [0.1, 0.15) is 18.0 Å². The number of hydrogen-bond donors (Lipinski definition) is 1. The highest BCUT2D eigenvalue weighted by Gasteiger charge is 2.28. The molecular weight excluding hydrogens is 425 g/mol. The van der Waals surface area contributed by atoms with Crippen molar-refractivity contribution in [3.8, 4) is 0 Å². The van der Waals surface area contributed by atoms with Gasteiger partial charge in [0.2, 0.25) is 11.8 Å². The van der Waals surface area contributed by atoms with Gasteiger partial charge in [0, 0.05) is 31.6 Å². The van der Waals surface area contributed by atoms with E-state index in [-0.39, 0.29) is 43.4 Å². The first kappa shape index (κ1) is 21.8. The first-order valence-electron chi connectivity index (χ1n) is 10.0. The third-order valence-electron chi connectivity index (χ3n) is 5.40. The normalized spacial score (nSPS) is 15.4. The number of aromatic nitrogens is 3. The molecule has 32 heavy (non-hydrogen) atoms. The molecule has 2 aromatic carbocycles. The number of amides is 2. The first-order valence-corrected chi connectivity index (χ1v) is 10.0. The number of piperazine rings is 1. The predicted octanol–water partition coefficient (Wildman–Crippen LogP) is 1.44. The third-order valence-corrected chi connectivity index (χ3v) is 5.40. The summed E-state index contributed by atoms with van der Waals surface area (Å²) in [6.45, 7) is 0.725. The van der Waals surface area contributed by atoms with Gasteiger partial charge in [-0.25, -0.2) is 17.9 Å².